The Morgan fingerprint density at radius 2 is 1.64 bits per heavy atom. The lowest BCUT2D eigenvalue weighted by atomic mass is 10.1. The van der Waals surface area contributed by atoms with E-state index in [1.165, 1.54) is 12.1 Å². The van der Waals surface area contributed by atoms with Crippen molar-refractivity contribution in [2.75, 3.05) is 0 Å². The van der Waals surface area contributed by atoms with Gasteiger partial charge >= 0.3 is 0 Å². The highest BCUT2D eigenvalue weighted by molar-refractivity contribution is 14.1. The lowest BCUT2D eigenvalue weighted by Gasteiger charge is -2.14. The van der Waals surface area contributed by atoms with Gasteiger partial charge in [-0.25, -0.2) is 4.98 Å². The number of halogens is 1. The molecule has 0 saturated heterocycles. The summed E-state index contributed by atoms with van der Waals surface area (Å²) in [7, 11) is 0. The monoisotopic (exact) mass is 545 g/mol. The SMILES string of the molecule is O=c1c2cc(I)ccc2nc(C=Cc2ccc([N+](=O)[O-])cc2)n1-c1cccc2ccccc12. The lowest BCUT2D eigenvalue weighted by molar-refractivity contribution is -0.384. The molecule has 0 aliphatic heterocycles. The Bertz CT molecular complexity index is 1620. The normalized spacial score (nSPS) is 11.4. The molecule has 5 aromatic rings. The molecule has 0 amide bonds. The van der Waals surface area contributed by atoms with Gasteiger partial charge in [-0.3, -0.25) is 19.5 Å². The minimum atomic E-state index is -0.433. The number of non-ortho nitro benzene ring substituents is 1. The van der Waals surface area contributed by atoms with Crippen LogP contribution in [-0.4, -0.2) is 14.5 Å². The van der Waals surface area contributed by atoms with Crippen LogP contribution in [0.1, 0.15) is 11.4 Å². The zero-order chi connectivity index (χ0) is 22.9. The first-order valence-corrected chi connectivity index (χ1v) is 11.2. The fourth-order valence-corrected chi connectivity index (χ4v) is 4.29. The highest BCUT2D eigenvalue weighted by atomic mass is 127. The van der Waals surface area contributed by atoms with E-state index in [9.17, 15) is 14.9 Å². The van der Waals surface area contributed by atoms with E-state index in [1.54, 1.807) is 28.9 Å². The molecule has 0 unspecified atom stereocenters. The van der Waals surface area contributed by atoms with Crippen LogP contribution in [0.4, 0.5) is 5.69 Å². The summed E-state index contributed by atoms with van der Waals surface area (Å²) in [5, 5.41) is 13.4. The minimum Gasteiger partial charge on any atom is -0.268 e. The smallest absolute Gasteiger partial charge is 0.268 e. The Morgan fingerprint density at radius 3 is 2.42 bits per heavy atom. The van der Waals surface area contributed by atoms with Gasteiger partial charge in [0.1, 0.15) is 5.82 Å². The minimum absolute atomic E-state index is 0.0262. The van der Waals surface area contributed by atoms with Crippen molar-refractivity contribution in [1.82, 2.24) is 9.55 Å². The number of nitrogens with zero attached hydrogens (tertiary/aromatic N) is 3. The third-order valence-electron chi connectivity index (χ3n) is 5.39. The van der Waals surface area contributed by atoms with E-state index >= 15 is 0 Å². The van der Waals surface area contributed by atoms with E-state index < -0.39 is 4.92 Å². The topological polar surface area (TPSA) is 78.0 Å². The molecule has 0 spiro atoms. The van der Waals surface area contributed by atoms with Crippen molar-refractivity contribution in [3.05, 3.63) is 120 Å². The second-order valence-electron chi connectivity index (χ2n) is 7.45. The standard InChI is InChI=1S/C26H16IN3O3/c27-19-11-14-23-22(16-19)26(31)29(24-7-3-5-18-4-1-2-6-21(18)24)25(28-23)15-10-17-8-12-20(13-9-17)30(32)33/h1-16H. The van der Waals surface area contributed by atoms with Crippen LogP contribution in [0.25, 0.3) is 39.5 Å². The quantitative estimate of drug-likeness (QED) is 0.153. The van der Waals surface area contributed by atoms with Gasteiger partial charge in [0.05, 0.1) is 21.5 Å². The van der Waals surface area contributed by atoms with E-state index in [0.29, 0.717) is 16.7 Å². The first-order chi connectivity index (χ1) is 16.0. The summed E-state index contributed by atoms with van der Waals surface area (Å²) >= 11 is 2.19. The van der Waals surface area contributed by atoms with Crippen molar-refractivity contribution in [2.24, 2.45) is 0 Å². The molecule has 0 fully saturated rings. The van der Waals surface area contributed by atoms with Gasteiger partial charge in [0.15, 0.2) is 0 Å². The second-order valence-corrected chi connectivity index (χ2v) is 8.70. The molecular weight excluding hydrogens is 529 g/mol. The van der Waals surface area contributed by atoms with E-state index in [-0.39, 0.29) is 11.2 Å². The molecule has 160 valence electrons. The van der Waals surface area contributed by atoms with Crippen molar-refractivity contribution in [3.8, 4) is 5.69 Å². The van der Waals surface area contributed by atoms with Crippen LogP contribution in [0, 0.1) is 13.7 Å². The first-order valence-electron chi connectivity index (χ1n) is 10.1. The van der Waals surface area contributed by atoms with Crippen LogP contribution >= 0.6 is 22.6 Å². The Hall–Kier alpha value is -3.85. The molecule has 5 rings (SSSR count). The average molecular weight is 545 g/mol. The van der Waals surface area contributed by atoms with Crippen LogP contribution in [0.5, 0.6) is 0 Å². The van der Waals surface area contributed by atoms with Gasteiger partial charge in [-0.15, -0.1) is 0 Å². The molecule has 0 aliphatic carbocycles. The summed E-state index contributed by atoms with van der Waals surface area (Å²) in [5.41, 5.74) is 1.99. The van der Waals surface area contributed by atoms with E-state index in [4.69, 9.17) is 4.98 Å². The summed E-state index contributed by atoms with van der Waals surface area (Å²) in [6.45, 7) is 0. The van der Waals surface area contributed by atoms with Crippen LogP contribution in [0.2, 0.25) is 0 Å². The zero-order valence-electron chi connectivity index (χ0n) is 17.2. The van der Waals surface area contributed by atoms with Crippen molar-refractivity contribution in [3.63, 3.8) is 0 Å². The van der Waals surface area contributed by atoms with Gasteiger partial charge in [-0.1, -0.05) is 42.5 Å². The van der Waals surface area contributed by atoms with Gasteiger partial charge in [0, 0.05) is 21.1 Å². The van der Waals surface area contributed by atoms with Crippen molar-refractivity contribution < 1.29 is 4.92 Å². The Labute approximate surface area is 202 Å². The predicted molar refractivity (Wildman–Crippen MR) is 140 cm³/mol. The van der Waals surface area contributed by atoms with Crippen LogP contribution < -0.4 is 5.56 Å². The highest BCUT2D eigenvalue weighted by Crippen LogP contribution is 2.24. The molecule has 6 nitrogen and oxygen atoms in total. The van der Waals surface area contributed by atoms with Gasteiger partial charge < -0.3 is 0 Å². The zero-order valence-corrected chi connectivity index (χ0v) is 19.3. The van der Waals surface area contributed by atoms with Gasteiger partial charge in [0.25, 0.3) is 11.2 Å². The molecule has 0 radical (unpaired) electrons. The van der Waals surface area contributed by atoms with Crippen molar-refractivity contribution in [1.29, 1.82) is 0 Å². The predicted octanol–water partition coefficient (Wildman–Crippen LogP) is 6.22. The third kappa shape index (κ3) is 4.03. The molecular formula is C26H16IN3O3. The largest absolute Gasteiger partial charge is 0.269 e. The molecule has 1 heterocycles. The van der Waals surface area contributed by atoms with Crippen molar-refractivity contribution in [2.45, 2.75) is 0 Å². The van der Waals surface area contributed by atoms with E-state index in [1.807, 2.05) is 60.7 Å². The third-order valence-corrected chi connectivity index (χ3v) is 6.06. The Balaban J connectivity index is 1.75. The summed E-state index contributed by atoms with van der Waals surface area (Å²) in [4.78, 5) is 29.0. The molecule has 0 atom stereocenters. The number of rotatable bonds is 4. The van der Waals surface area contributed by atoms with Gasteiger partial charge in [0.2, 0.25) is 0 Å². The number of hydrogen-bond acceptors (Lipinski definition) is 4. The molecule has 1 aromatic heterocycles. The summed E-state index contributed by atoms with van der Waals surface area (Å²) in [6, 6.07) is 25.6. The summed E-state index contributed by atoms with van der Waals surface area (Å²) in [5.74, 6) is 0.475. The first kappa shape index (κ1) is 21.0. The van der Waals surface area contributed by atoms with Crippen LogP contribution in [-0.2, 0) is 0 Å². The number of nitro groups is 1. The number of nitro benzene ring substituents is 1. The fourth-order valence-electron chi connectivity index (χ4n) is 3.80. The number of hydrogen-bond donors (Lipinski definition) is 0. The van der Waals surface area contributed by atoms with Crippen LogP contribution in [0.15, 0.2) is 89.7 Å². The maximum Gasteiger partial charge on any atom is 0.269 e. The molecule has 0 saturated carbocycles. The molecule has 0 aliphatic rings. The maximum atomic E-state index is 13.7. The average Bonchev–Trinajstić information content (AvgIpc) is 2.83. The second kappa shape index (κ2) is 8.59. The summed E-state index contributed by atoms with van der Waals surface area (Å²) < 4.78 is 2.58. The lowest BCUT2D eigenvalue weighted by Crippen LogP contribution is -2.22. The Morgan fingerprint density at radius 1 is 0.879 bits per heavy atom. The van der Waals surface area contributed by atoms with Crippen molar-refractivity contribution >= 4 is 62.1 Å². The summed E-state index contributed by atoms with van der Waals surface area (Å²) in [6.07, 6.45) is 3.56. The fraction of sp³-hybridized carbons (Fsp3) is 0. The van der Waals surface area contributed by atoms with E-state index in [0.717, 1.165) is 25.6 Å². The molecule has 4 aromatic carbocycles. The Kier molecular flexibility index (Phi) is 5.47. The molecule has 0 N–H and O–H groups in total. The highest BCUT2D eigenvalue weighted by Gasteiger charge is 2.14. The van der Waals surface area contributed by atoms with E-state index in [2.05, 4.69) is 22.6 Å². The molecule has 7 heteroatoms. The molecule has 0 bridgehead atoms. The number of benzene rings is 4. The number of aromatic nitrogens is 2. The number of fused-ring (bicyclic) bond motifs is 2. The molecule has 33 heavy (non-hydrogen) atoms. The van der Waals surface area contributed by atoms with Crippen LogP contribution in [0.3, 0.4) is 0 Å². The van der Waals surface area contributed by atoms with Gasteiger partial charge in [-0.2, -0.15) is 0 Å². The van der Waals surface area contributed by atoms with Gasteiger partial charge in [-0.05, 0) is 76.0 Å². The maximum absolute atomic E-state index is 13.7.